The van der Waals surface area contributed by atoms with E-state index in [0.717, 1.165) is 4.47 Å². The first-order chi connectivity index (χ1) is 7.56. The first kappa shape index (κ1) is 12.8. The van der Waals surface area contributed by atoms with Crippen molar-refractivity contribution < 1.29 is 4.79 Å². The Morgan fingerprint density at radius 3 is 2.94 bits per heavy atom. The molecule has 16 heavy (non-hydrogen) atoms. The van der Waals surface area contributed by atoms with Crippen LogP contribution in [-0.4, -0.2) is 17.0 Å². The van der Waals surface area contributed by atoms with Crippen molar-refractivity contribution in [2.45, 2.75) is 26.3 Å². The molecule has 1 N–H and O–H groups in total. The summed E-state index contributed by atoms with van der Waals surface area (Å²) in [7, 11) is 0. The third-order valence-electron chi connectivity index (χ3n) is 2.13. The molecule has 0 unspecified atom stereocenters. The molecule has 0 saturated carbocycles. The van der Waals surface area contributed by atoms with E-state index in [9.17, 15) is 4.79 Å². The van der Waals surface area contributed by atoms with Crippen molar-refractivity contribution in [3.63, 3.8) is 0 Å². The van der Waals surface area contributed by atoms with Gasteiger partial charge in [-0.15, -0.1) is 0 Å². The predicted molar refractivity (Wildman–Crippen MR) is 65.1 cm³/mol. The van der Waals surface area contributed by atoms with Crippen molar-refractivity contribution in [2.24, 2.45) is 0 Å². The van der Waals surface area contributed by atoms with Crippen LogP contribution in [0.15, 0.2) is 16.7 Å². The molecule has 0 spiro atoms. The summed E-state index contributed by atoms with van der Waals surface area (Å²) in [4.78, 5) is 11.8. The molecular formula is C11H14BrN3O. The van der Waals surface area contributed by atoms with Gasteiger partial charge in [0.25, 0.3) is 5.91 Å². The van der Waals surface area contributed by atoms with Gasteiger partial charge in [0.05, 0.1) is 12.5 Å². The molecule has 1 amide bonds. The molecule has 1 aromatic rings. The van der Waals surface area contributed by atoms with Crippen LogP contribution in [0, 0.1) is 11.3 Å². The summed E-state index contributed by atoms with van der Waals surface area (Å²) in [5, 5.41) is 11.1. The zero-order chi connectivity index (χ0) is 12.1. The van der Waals surface area contributed by atoms with Gasteiger partial charge in [0.2, 0.25) is 0 Å². The van der Waals surface area contributed by atoms with Gasteiger partial charge >= 0.3 is 0 Å². The second-order valence-electron chi connectivity index (χ2n) is 3.71. The zero-order valence-corrected chi connectivity index (χ0v) is 10.9. The van der Waals surface area contributed by atoms with Crippen molar-refractivity contribution >= 4 is 21.8 Å². The number of nitrogens with zero attached hydrogens (tertiary/aromatic N) is 2. The SMILES string of the molecule is CC(C)n1cc(Br)cc1C(=O)NCCC#N. The lowest BCUT2D eigenvalue weighted by atomic mass is 10.3. The molecule has 4 nitrogen and oxygen atoms in total. The summed E-state index contributed by atoms with van der Waals surface area (Å²) in [5.41, 5.74) is 0.611. The minimum absolute atomic E-state index is 0.144. The van der Waals surface area contributed by atoms with Crippen LogP contribution in [-0.2, 0) is 0 Å². The molecule has 0 aliphatic heterocycles. The molecule has 0 atom stereocenters. The smallest absolute Gasteiger partial charge is 0.267 e. The predicted octanol–water partition coefficient (Wildman–Crippen LogP) is 2.47. The summed E-state index contributed by atoms with van der Waals surface area (Å²) in [6, 6.07) is 3.99. The number of hydrogen-bond donors (Lipinski definition) is 1. The van der Waals surface area contributed by atoms with Crippen LogP contribution in [0.25, 0.3) is 0 Å². The largest absolute Gasteiger partial charge is 0.350 e. The van der Waals surface area contributed by atoms with Crippen LogP contribution in [0.3, 0.4) is 0 Å². The standard InChI is InChI=1S/C11H14BrN3O/c1-8(2)15-7-9(12)6-10(15)11(16)14-5-3-4-13/h6-8H,3,5H2,1-2H3,(H,14,16). The molecular weight excluding hydrogens is 270 g/mol. The van der Waals surface area contributed by atoms with Crippen molar-refractivity contribution in [2.75, 3.05) is 6.54 Å². The molecule has 1 rings (SSSR count). The van der Waals surface area contributed by atoms with Gasteiger partial charge in [0, 0.05) is 23.3 Å². The van der Waals surface area contributed by atoms with Crippen LogP contribution in [0.4, 0.5) is 0 Å². The van der Waals surface area contributed by atoms with Gasteiger partial charge in [0.15, 0.2) is 0 Å². The highest BCUT2D eigenvalue weighted by atomic mass is 79.9. The fraction of sp³-hybridized carbons (Fsp3) is 0.455. The maximum atomic E-state index is 11.8. The average Bonchev–Trinajstić information content (AvgIpc) is 2.61. The normalized spacial score (nSPS) is 10.2. The van der Waals surface area contributed by atoms with Gasteiger partial charge in [-0.1, -0.05) is 0 Å². The Labute approximate surface area is 103 Å². The Morgan fingerprint density at radius 2 is 2.38 bits per heavy atom. The molecule has 86 valence electrons. The maximum absolute atomic E-state index is 11.8. The van der Waals surface area contributed by atoms with E-state index in [1.807, 2.05) is 30.7 Å². The highest BCUT2D eigenvalue weighted by Crippen LogP contribution is 2.19. The number of hydrogen-bond acceptors (Lipinski definition) is 2. The van der Waals surface area contributed by atoms with Crippen LogP contribution in [0.1, 0.15) is 36.8 Å². The van der Waals surface area contributed by atoms with Crippen molar-refractivity contribution in [3.8, 4) is 6.07 Å². The van der Waals surface area contributed by atoms with Crippen molar-refractivity contribution in [1.29, 1.82) is 5.26 Å². The van der Waals surface area contributed by atoms with Crippen molar-refractivity contribution in [1.82, 2.24) is 9.88 Å². The van der Waals surface area contributed by atoms with E-state index in [4.69, 9.17) is 5.26 Å². The van der Waals surface area contributed by atoms with Gasteiger partial charge in [-0.2, -0.15) is 5.26 Å². The van der Waals surface area contributed by atoms with E-state index < -0.39 is 0 Å². The topological polar surface area (TPSA) is 57.8 Å². The zero-order valence-electron chi connectivity index (χ0n) is 9.33. The van der Waals surface area contributed by atoms with Crippen LogP contribution in [0.5, 0.6) is 0 Å². The molecule has 0 aliphatic rings. The minimum atomic E-state index is -0.144. The van der Waals surface area contributed by atoms with Gasteiger partial charge in [0.1, 0.15) is 5.69 Å². The first-order valence-corrected chi connectivity index (χ1v) is 5.88. The third kappa shape index (κ3) is 3.11. The number of aromatic nitrogens is 1. The van der Waals surface area contributed by atoms with Crippen molar-refractivity contribution in [3.05, 3.63) is 22.4 Å². The summed E-state index contributed by atoms with van der Waals surface area (Å²) in [6.45, 7) is 4.41. The molecule has 0 aliphatic carbocycles. The molecule has 1 aromatic heterocycles. The molecule has 0 bridgehead atoms. The lowest BCUT2D eigenvalue weighted by Crippen LogP contribution is -2.26. The maximum Gasteiger partial charge on any atom is 0.267 e. The fourth-order valence-electron chi connectivity index (χ4n) is 1.38. The number of amides is 1. The Balaban J connectivity index is 2.79. The third-order valence-corrected chi connectivity index (χ3v) is 2.56. The molecule has 0 saturated heterocycles. The van der Waals surface area contributed by atoms with Gasteiger partial charge in [-0.3, -0.25) is 4.79 Å². The number of nitrogens with one attached hydrogen (secondary N) is 1. The van der Waals surface area contributed by atoms with Crippen LogP contribution in [0.2, 0.25) is 0 Å². The van der Waals surface area contributed by atoms with E-state index in [0.29, 0.717) is 18.7 Å². The second-order valence-corrected chi connectivity index (χ2v) is 4.62. The van der Waals surface area contributed by atoms with Gasteiger partial charge in [-0.25, -0.2) is 0 Å². The summed E-state index contributed by atoms with van der Waals surface area (Å²) < 4.78 is 2.78. The van der Waals surface area contributed by atoms with E-state index in [1.165, 1.54) is 0 Å². The average molecular weight is 284 g/mol. The monoisotopic (exact) mass is 283 g/mol. The highest BCUT2D eigenvalue weighted by Gasteiger charge is 2.14. The number of rotatable bonds is 4. The quantitative estimate of drug-likeness (QED) is 0.863. The summed E-state index contributed by atoms with van der Waals surface area (Å²) >= 11 is 3.35. The van der Waals surface area contributed by atoms with Crippen LogP contribution >= 0.6 is 15.9 Å². The lowest BCUT2D eigenvalue weighted by molar-refractivity contribution is 0.0944. The Bertz CT molecular complexity index is 417. The van der Waals surface area contributed by atoms with Crippen LogP contribution < -0.4 is 5.32 Å². The van der Waals surface area contributed by atoms with Gasteiger partial charge < -0.3 is 9.88 Å². The molecule has 5 heteroatoms. The van der Waals surface area contributed by atoms with E-state index in [-0.39, 0.29) is 11.9 Å². The molecule has 0 radical (unpaired) electrons. The highest BCUT2D eigenvalue weighted by molar-refractivity contribution is 9.10. The molecule has 1 heterocycles. The van der Waals surface area contributed by atoms with Gasteiger partial charge in [-0.05, 0) is 35.8 Å². The fourth-order valence-corrected chi connectivity index (χ4v) is 1.81. The Morgan fingerprint density at radius 1 is 1.69 bits per heavy atom. The van der Waals surface area contributed by atoms with E-state index in [1.54, 1.807) is 6.07 Å². The number of nitriles is 1. The number of carbonyl (C=O) groups excluding carboxylic acids is 1. The minimum Gasteiger partial charge on any atom is -0.350 e. The number of carbonyl (C=O) groups is 1. The first-order valence-electron chi connectivity index (χ1n) is 5.08. The van der Waals surface area contributed by atoms with E-state index in [2.05, 4.69) is 21.2 Å². The molecule has 0 aromatic carbocycles. The molecule has 0 fully saturated rings. The lowest BCUT2D eigenvalue weighted by Gasteiger charge is -2.12. The van der Waals surface area contributed by atoms with E-state index >= 15 is 0 Å². The Kier molecular flexibility index (Phi) is 4.56. The summed E-state index contributed by atoms with van der Waals surface area (Å²) in [5.74, 6) is -0.144. The Hall–Kier alpha value is -1.28. The second kappa shape index (κ2) is 5.71. The summed E-state index contributed by atoms with van der Waals surface area (Å²) in [6.07, 6.45) is 2.21. The number of halogens is 1.